The number of piperidine rings is 1. The van der Waals surface area contributed by atoms with Gasteiger partial charge in [-0.05, 0) is 57.3 Å². The molecule has 0 spiro atoms. The summed E-state index contributed by atoms with van der Waals surface area (Å²) < 4.78 is 5.18. The second-order valence-electron chi connectivity index (χ2n) is 5.04. The van der Waals surface area contributed by atoms with Gasteiger partial charge in [-0.25, -0.2) is 4.98 Å². The van der Waals surface area contributed by atoms with Gasteiger partial charge in [0.1, 0.15) is 0 Å². The number of nitrogens with zero attached hydrogens (tertiary/aromatic N) is 2. The van der Waals surface area contributed by atoms with Crippen molar-refractivity contribution in [3.63, 3.8) is 0 Å². The van der Waals surface area contributed by atoms with Crippen LogP contribution < -0.4 is 4.74 Å². The highest BCUT2D eigenvalue weighted by Crippen LogP contribution is 2.29. The number of aromatic nitrogens is 1. The number of likely N-dealkylation sites (tertiary alicyclic amines) is 1. The average molecular weight is 234 g/mol. The van der Waals surface area contributed by atoms with Crippen molar-refractivity contribution in [1.29, 1.82) is 0 Å². The van der Waals surface area contributed by atoms with Crippen LogP contribution >= 0.6 is 0 Å². The zero-order chi connectivity index (χ0) is 12.3. The number of methoxy groups -OCH3 is 1. The summed E-state index contributed by atoms with van der Waals surface area (Å²) in [7, 11) is 1.67. The molecule has 0 aliphatic carbocycles. The maximum atomic E-state index is 5.18. The first kappa shape index (κ1) is 12.4. The lowest BCUT2D eigenvalue weighted by Crippen LogP contribution is -2.37. The lowest BCUT2D eigenvalue weighted by Gasteiger charge is -2.34. The van der Waals surface area contributed by atoms with Gasteiger partial charge < -0.3 is 9.64 Å². The minimum absolute atomic E-state index is 0.668. The summed E-state index contributed by atoms with van der Waals surface area (Å²) in [5.41, 5.74) is 1.38. The van der Waals surface area contributed by atoms with E-state index < -0.39 is 0 Å². The van der Waals surface area contributed by atoms with Crippen molar-refractivity contribution in [2.45, 2.75) is 38.6 Å². The molecular formula is C14H22N2O. The van der Waals surface area contributed by atoms with Crippen LogP contribution in [0.4, 0.5) is 0 Å². The van der Waals surface area contributed by atoms with E-state index in [1.54, 1.807) is 7.11 Å². The molecule has 94 valence electrons. The molecule has 3 nitrogen and oxygen atoms in total. The predicted molar refractivity (Wildman–Crippen MR) is 69.5 cm³/mol. The fraction of sp³-hybridized carbons (Fsp3) is 0.643. The highest BCUT2D eigenvalue weighted by Gasteiger charge is 2.22. The Hall–Kier alpha value is -1.09. The van der Waals surface area contributed by atoms with Gasteiger partial charge in [-0.15, -0.1) is 0 Å². The van der Waals surface area contributed by atoms with Crippen molar-refractivity contribution in [1.82, 2.24) is 9.88 Å². The van der Waals surface area contributed by atoms with Gasteiger partial charge >= 0.3 is 0 Å². The van der Waals surface area contributed by atoms with Gasteiger partial charge in [-0.1, -0.05) is 0 Å². The lowest BCUT2D eigenvalue weighted by atomic mass is 9.89. The van der Waals surface area contributed by atoms with Crippen LogP contribution in [-0.2, 0) is 0 Å². The molecule has 1 fully saturated rings. The smallest absolute Gasteiger partial charge is 0.213 e. The standard InChI is InChI=1S/C14H22N2O/c1-11(2)16-8-5-12(6-9-16)13-4-7-15-14(10-13)17-3/h4,7,10-12H,5-6,8-9H2,1-3H3. The van der Waals surface area contributed by atoms with E-state index >= 15 is 0 Å². The van der Waals surface area contributed by atoms with Crippen LogP contribution in [0.1, 0.15) is 38.2 Å². The monoisotopic (exact) mass is 234 g/mol. The Morgan fingerprint density at radius 2 is 2.06 bits per heavy atom. The van der Waals surface area contributed by atoms with Gasteiger partial charge in [0.2, 0.25) is 5.88 Å². The van der Waals surface area contributed by atoms with Crippen molar-refractivity contribution in [3.8, 4) is 5.88 Å². The van der Waals surface area contributed by atoms with Crippen molar-refractivity contribution >= 4 is 0 Å². The molecule has 17 heavy (non-hydrogen) atoms. The van der Waals surface area contributed by atoms with Gasteiger partial charge in [0.05, 0.1) is 7.11 Å². The van der Waals surface area contributed by atoms with E-state index in [0.717, 1.165) is 5.88 Å². The molecule has 0 aromatic carbocycles. The Morgan fingerprint density at radius 3 is 2.65 bits per heavy atom. The van der Waals surface area contributed by atoms with Crippen LogP contribution in [-0.4, -0.2) is 36.1 Å². The molecule has 1 aliphatic rings. The molecule has 0 saturated carbocycles. The van der Waals surface area contributed by atoms with Gasteiger partial charge in [0.15, 0.2) is 0 Å². The number of ether oxygens (including phenoxy) is 1. The Labute approximate surface area is 104 Å². The normalized spacial score (nSPS) is 18.6. The molecule has 1 aliphatic heterocycles. The largest absolute Gasteiger partial charge is 0.481 e. The Kier molecular flexibility index (Phi) is 4.00. The average Bonchev–Trinajstić information content (AvgIpc) is 2.39. The quantitative estimate of drug-likeness (QED) is 0.804. The molecule has 0 atom stereocenters. The Bertz CT molecular complexity index is 357. The number of pyridine rings is 1. The fourth-order valence-electron chi connectivity index (χ4n) is 2.54. The van der Waals surface area contributed by atoms with E-state index in [1.807, 2.05) is 6.20 Å². The summed E-state index contributed by atoms with van der Waals surface area (Å²) in [5.74, 6) is 1.40. The topological polar surface area (TPSA) is 25.4 Å². The molecule has 3 heteroatoms. The summed E-state index contributed by atoms with van der Waals surface area (Å²) in [6, 6.07) is 4.87. The molecule has 2 rings (SSSR count). The molecule has 0 unspecified atom stereocenters. The van der Waals surface area contributed by atoms with Gasteiger partial charge in [0.25, 0.3) is 0 Å². The van der Waals surface area contributed by atoms with Crippen molar-refractivity contribution < 1.29 is 4.74 Å². The molecule has 1 aromatic rings. The first-order valence-corrected chi connectivity index (χ1v) is 6.44. The molecule has 0 amide bonds. The summed E-state index contributed by atoms with van der Waals surface area (Å²) >= 11 is 0. The van der Waals surface area contributed by atoms with Crippen LogP contribution in [0.5, 0.6) is 5.88 Å². The number of hydrogen-bond donors (Lipinski definition) is 0. The van der Waals surface area contributed by atoms with Crippen LogP contribution in [0, 0.1) is 0 Å². The third-order valence-electron chi connectivity index (χ3n) is 3.70. The first-order chi connectivity index (χ1) is 8.20. The molecule has 1 aromatic heterocycles. The zero-order valence-corrected chi connectivity index (χ0v) is 11.0. The van der Waals surface area contributed by atoms with Gasteiger partial charge in [-0.3, -0.25) is 0 Å². The predicted octanol–water partition coefficient (Wildman–Crippen LogP) is 2.68. The van der Waals surface area contributed by atoms with E-state index in [2.05, 4.69) is 35.9 Å². The number of rotatable bonds is 3. The highest BCUT2D eigenvalue weighted by atomic mass is 16.5. The third kappa shape index (κ3) is 2.97. The van der Waals surface area contributed by atoms with Gasteiger partial charge in [0, 0.05) is 18.3 Å². The summed E-state index contributed by atoms with van der Waals surface area (Å²) in [4.78, 5) is 6.71. The van der Waals surface area contributed by atoms with Crippen LogP contribution in [0.25, 0.3) is 0 Å². The molecule has 0 bridgehead atoms. The second kappa shape index (κ2) is 5.50. The summed E-state index contributed by atoms with van der Waals surface area (Å²) in [6.45, 7) is 6.95. The SMILES string of the molecule is COc1cc(C2CCN(C(C)C)CC2)ccn1. The van der Waals surface area contributed by atoms with Crippen LogP contribution in [0.15, 0.2) is 18.3 Å². The van der Waals surface area contributed by atoms with Crippen LogP contribution in [0.2, 0.25) is 0 Å². The molecule has 2 heterocycles. The molecule has 0 N–H and O–H groups in total. The van der Waals surface area contributed by atoms with E-state index in [9.17, 15) is 0 Å². The highest BCUT2D eigenvalue weighted by molar-refractivity contribution is 5.24. The second-order valence-corrected chi connectivity index (χ2v) is 5.04. The Balaban J connectivity index is 2.00. The van der Waals surface area contributed by atoms with E-state index in [1.165, 1.54) is 31.5 Å². The molecule has 0 radical (unpaired) electrons. The first-order valence-electron chi connectivity index (χ1n) is 6.44. The summed E-state index contributed by atoms with van der Waals surface area (Å²) in [5, 5.41) is 0. The van der Waals surface area contributed by atoms with Gasteiger partial charge in [-0.2, -0.15) is 0 Å². The number of hydrogen-bond acceptors (Lipinski definition) is 3. The Morgan fingerprint density at radius 1 is 1.35 bits per heavy atom. The van der Waals surface area contributed by atoms with E-state index in [4.69, 9.17) is 4.74 Å². The molecular weight excluding hydrogens is 212 g/mol. The van der Waals surface area contributed by atoms with Crippen molar-refractivity contribution in [3.05, 3.63) is 23.9 Å². The maximum absolute atomic E-state index is 5.18. The third-order valence-corrected chi connectivity index (χ3v) is 3.70. The van der Waals surface area contributed by atoms with E-state index in [0.29, 0.717) is 12.0 Å². The zero-order valence-electron chi connectivity index (χ0n) is 11.0. The van der Waals surface area contributed by atoms with Crippen LogP contribution in [0.3, 0.4) is 0 Å². The molecule has 1 saturated heterocycles. The minimum Gasteiger partial charge on any atom is -0.481 e. The van der Waals surface area contributed by atoms with E-state index in [-0.39, 0.29) is 0 Å². The maximum Gasteiger partial charge on any atom is 0.213 e. The summed E-state index contributed by atoms with van der Waals surface area (Å²) in [6.07, 6.45) is 4.33. The fourth-order valence-corrected chi connectivity index (χ4v) is 2.54. The van der Waals surface area contributed by atoms with Crippen molar-refractivity contribution in [2.24, 2.45) is 0 Å². The van der Waals surface area contributed by atoms with Crippen molar-refractivity contribution in [2.75, 3.05) is 20.2 Å². The lowest BCUT2D eigenvalue weighted by molar-refractivity contribution is 0.172. The minimum atomic E-state index is 0.668.